The van der Waals surface area contributed by atoms with Crippen molar-refractivity contribution in [3.05, 3.63) is 102 Å². The van der Waals surface area contributed by atoms with Crippen molar-refractivity contribution in [2.24, 2.45) is 0 Å². The summed E-state index contributed by atoms with van der Waals surface area (Å²) in [5.74, 6) is 1.50. The molecule has 0 N–H and O–H groups in total. The topological polar surface area (TPSA) is 57.1 Å². The van der Waals surface area contributed by atoms with Crippen LogP contribution in [0.15, 0.2) is 85.6 Å². The Hall–Kier alpha value is -3.73. The summed E-state index contributed by atoms with van der Waals surface area (Å²) in [7, 11) is 3.28. The van der Waals surface area contributed by atoms with Crippen LogP contribution in [0.3, 0.4) is 0 Å². The molecule has 0 saturated carbocycles. The maximum absolute atomic E-state index is 5.49. The quantitative estimate of drug-likeness (QED) is 0.443. The van der Waals surface area contributed by atoms with Gasteiger partial charge < -0.3 is 9.47 Å². The zero-order chi connectivity index (χ0) is 20.8. The Balaban J connectivity index is 1.76. The number of pyridine rings is 3. The summed E-state index contributed by atoms with van der Waals surface area (Å²) in [5, 5.41) is 0. The predicted octanol–water partition coefficient (Wildman–Crippen LogP) is 4.93. The summed E-state index contributed by atoms with van der Waals surface area (Å²) in [5.41, 5.74) is 5.35. The van der Waals surface area contributed by atoms with Gasteiger partial charge in [0.15, 0.2) is 11.5 Å². The van der Waals surface area contributed by atoms with Gasteiger partial charge in [-0.25, -0.2) is 0 Å². The van der Waals surface area contributed by atoms with E-state index in [-0.39, 0.29) is 5.92 Å². The molecule has 0 fully saturated rings. The van der Waals surface area contributed by atoms with Gasteiger partial charge in [-0.3, -0.25) is 15.0 Å². The molecule has 0 amide bonds. The van der Waals surface area contributed by atoms with Gasteiger partial charge in [0.05, 0.1) is 19.9 Å². The molecule has 0 aliphatic rings. The molecule has 4 aromatic rings. The Morgan fingerprint density at radius 1 is 0.767 bits per heavy atom. The van der Waals surface area contributed by atoms with Gasteiger partial charge >= 0.3 is 0 Å². The molecular weight excluding hydrogens is 374 g/mol. The van der Waals surface area contributed by atoms with Gasteiger partial charge in [0.2, 0.25) is 0 Å². The van der Waals surface area contributed by atoms with E-state index in [1.165, 1.54) is 0 Å². The number of nitrogens with zero attached hydrogens (tertiary/aromatic N) is 3. The fourth-order valence-electron chi connectivity index (χ4n) is 3.66. The summed E-state index contributed by atoms with van der Waals surface area (Å²) in [4.78, 5) is 13.3. The molecule has 0 atom stereocenters. The third kappa shape index (κ3) is 4.15. The number of aromatic nitrogens is 3. The predicted molar refractivity (Wildman–Crippen MR) is 117 cm³/mol. The zero-order valence-corrected chi connectivity index (χ0v) is 17.0. The highest BCUT2D eigenvalue weighted by atomic mass is 16.5. The molecule has 150 valence electrons. The van der Waals surface area contributed by atoms with Gasteiger partial charge in [-0.1, -0.05) is 18.2 Å². The van der Waals surface area contributed by atoms with Crippen LogP contribution in [0.4, 0.5) is 0 Å². The van der Waals surface area contributed by atoms with Crippen LogP contribution in [0.25, 0.3) is 11.3 Å². The van der Waals surface area contributed by atoms with E-state index in [1.807, 2.05) is 55.0 Å². The van der Waals surface area contributed by atoms with Gasteiger partial charge in [0.1, 0.15) is 0 Å². The Morgan fingerprint density at radius 3 is 2.03 bits per heavy atom. The van der Waals surface area contributed by atoms with Crippen LogP contribution in [-0.2, 0) is 6.42 Å². The number of hydrogen-bond donors (Lipinski definition) is 0. The van der Waals surface area contributed by atoms with Crippen LogP contribution < -0.4 is 9.47 Å². The van der Waals surface area contributed by atoms with E-state index in [0.717, 1.165) is 34.4 Å². The first-order valence-corrected chi connectivity index (χ1v) is 9.76. The van der Waals surface area contributed by atoms with E-state index in [4.69, 9.17) is 14.5 Å². The number of benzene rings is 1. The standard InChI is InChI=1S/C25H23N3O2/c1-29-23-10-9-19(15-24(23)30-2)25-18(6-5-13-28-25)14-22(20-7-3-11-26-16-20)21-8-4-12-27-17-21/h3-13,15-17,22H,14H2,1-2H3. The van der Waals surface area contributed by atoms with Crippen molar-refractivity contribution in [1.29, 1.82) is 0 Å². The van der Waals surface area contributed by atoms with Crippen molar-refractivity contribution >= 4 is 0 Å². The van der Waals surface area contributed by atoms with Crippen LogP contribution in [-0.4, -0.2) is 29.2 Å². The summed E-state index contributed by atoms with van der Waals surface area (Å²) < 4.78 is 10.9. The van der Waals surface area contributed by atoms with E-state index in [0.29, 0.717) is 11.5 Å². The van der Waals surface area contributed by atoms with Crippen LogP contribution in [0.2, 0.25) is 0 Å². The van der Waals surface area contributed by atoms with Crippen LogP contribution in [0.1, 0.15) is 22.6 Å². The zero-order valence-electron chi connectivity index (χ0n) is 17.0. The van der Waals surface area contributed by atoms with Crippen LogP contribution in [0.5, 0.6) is 11.5 Å². The summed E-state index contributed by atoms with van der Waals surface area (Å²) >= 11 is 0. The molecule has 5 nitrogen and oxygen atoms in total. The van der Waals surface area contributed by atoms with E-state index >= 15 is 0 Å². The minimum Gasteiger partial charge on any atom is -0.493 e. The van der Waals surface area contributed by atoms with Crippen molar-refractivity contribution in [2.75, 3.05) is 14.2 Å². The number of ether oxygens (including phenoxy) is 2. The lowest BCUT2D eigenvalue weighted by Crippen LogP contribution is -2.07. The van der Waals surface area contributed by atoms with Gasteiger partial charge in [-0.2, -0.15) is 0 Å². The molecule has 3 aromatic heterocycles. The molecule has 0 saturated heterocycles. The summed E-state index contributed by atoms with van der Waals surface area (Å²) in [6, 6.07) is 18.1. The van der Waals surface area contributed by atoms with Crippen molar-refractivity contribution in [1.82, 2.24) is 15.0 Å². The maximum Gasteiger partial charge on any atom is 0.161 e. The highest BCUT2D eigenvalue weighted by molar-refractivity contribution is 5.67. The average Bonchev–Trinajstić information content (AvgIpc) is 2.83. The second-order valence-electron chi connectivity index (χ2n) is 6.91. The minimum atomic E-state index is 0.121. The Morgan fingerprint density at radius 2 is 1.43 bits per heavy atom. The number of hydrogen-bond acceptors (Lipinski definition) is 5. The van der Waals surface area contributed by atoms with Crippen molar-refractivity contribution in [3.63, 3.8) is 0 Å². The Kier molecular flexibility index (Phi) is 5.99. The number of rotatable bonds is 7. The molecule has 0 aliphatic carbocycles. The lowest BCUT2D eigenvalue weighted by molar-refractivity contribution is 0.355. The van der Waals surface area contributed by atoms with E-state index in [1.54, 1.807) is 26.6 Å². The average molecular weight is 397 g/mol. The molecule has 0 radical (unpaired) electrons. The maximum atomic E-state index is 5.49. The van der Waals surface area contributed by atoms with Crippen molar-refractivity contribution in [2.45, 2.75) is 12.3 Å². The molecule has 0 spiro atoms. The second-order valence-corrected chi connectivity index (χ2v) is 6.91. The van der Waals surface area contributed by atoms with Crippen molar-refractivity contribution in [3.8, 4) is 22.8 Å². The molecule has 5 heteroatoms. The van der Waals surface area contributed by atoms with E-state index in [9.17, 15) is 0 Å². The van der Waals surface area contributed by atoms with E-state index in [2.05, 4.69) is 28.2 Å². The monoisotopic (exact) mass is 397 g/mol. The normalized spacial score (nSPS) is 10.8. The fraction of sp³-hybridized carbons (Fsp3) is 0.160. The van der Waals surface area contributed by atoms with Crippen molar-refractivity contribution < 1.29 is 9.47 Å². The van der Waals surface area contributed by atoms with Gasteiger partial charge in [-0.15, -0.1) is 0 Å². The fourth-order valence-corrected chi connectivity index (χ4v) is 3.66. The van der Waals surface area contributed by atoms with Gasteiger partial charge in [0.25, 0.3) is 0 Å². The minimum absolute atomic E-state index is 0.121. The first-order chi connectivity index (χ1) is 14.8. The first-order valence-electron chi connectivity index (χ1n) is 9.76. The lowest BCUT2D eigenvalue weighted by atomic mass is 9.86. The Labute approximate surface area is 176 Å². The molecule has 1 aromatic carbocycles. The van der Waals surface area contributed by atoms with E-state index < -0.39 is 0 Å². The van der Waals surface area contributed by atoms with Crippen LogP contribution >= 0.6 is 0 Å². The summed E-state index contributed by atoms with van der Waals surface area (Å²) in [6.07, 6.45) is 10.0. The highest BCUT2D eigenvalue weighted by Crippen LogP contribution is 2.35. The second kappa shape index (κ2) is 9.18. The molecule has 0 unspecified atom stereocenters. The summed E-state index contributed by atoms with van der Waals surface area (Å²) in [6.45, 7) is 0. The van der Waals surface area contributed by atoms with Gasteiger partial charge in [0, 0.05) is 42.5 Å². The molecule has 3 heterocycles. The highest BCUT2D eigenvalue weighted by Gasteiger charge is 2.19. The molecule has 0 bridgehead atoms. The molecule has 4 rings (SSSR count). The van der Waals surface area contributed by atoms with Crippen LogP contribution in [0, 0.1) is 0 Å². The molecule has 0 aliphatic heterocycles. The molecular formula is C25H23N3O2. The molecule has 30 heavy (non-hydrogen) atoms. The Bertz CT molecular complexity index is 1060. The first kappa shape index (κ1) is 19.6. The van der Waals surface area contributed by atoms with Gasteiger partial charge in [-0.05, 0) is 59.5 Å². The largest absolute Gasteiger partial charge is 0.493 e. The smallest absolute Gasteiger partial charge is 0.161 e. The number of methoxy groups -OCH3 is 2. The SMILES string of the molecule is COc1ccc(-c2ncccc2CC(c2cccnc2)c2cccnc2)cc1OC. The third-order valence-electron chi connectivity index (χ3n) is 5.15. The third-order valence-corrected chi connectivity index (χ3v) is 5.15. The lowest BCUT2D eigenvalue weighted by Gasteiger charge is -2.19.